The van der Waals surface area contributed by atoms with Crippen molar-refractivity contribution in [1.82, 2.24) is 20.1 Å². The lowest BCUT2D eigenvalue weighted by Gasteiger charge is -2.34. The molecule has 1 aliphatic heterocycles. The number of piperazine rings is 1. The fourth-order valence-electron chi connectivity index (χ4n) is 3.43. The maximum absolute atomic E-state index is 12.7. The molecule has 0 radical (unpaired) electrons. The van der Waals surface area contributed by atoms with E-state index in [-0.39, 0.29) is 11.8 Å². The van der Waals surface area contributed by atoms with Gasteiger partial charge >= 0.3 is 0 Å². The number of hydrogen-bond donors (Lipinski definition) is 1. The Balaban J connectivity index is 1.40. The third kappa shape index (κ3) is 6.62. The molecule has 2 heterocycles. The smallest absolute Gasteiger partial charge is 0.234 e. The van der Waals surface area contributed by atoms with E-state index < -0.39 is 0 Å². The minimum atomic E-state index is 0.0290. The van der Waals surface area contributed by atoms with Crippen LogP contribution in [0.3, 0.4) is 0 Å². The van der Waals surface area contributed by atoms with Gasteiger partial charge in [-0.05, 0) is 18.9 Å². The first-order chi connectivity index (χ1) is 14.5. The van der Waals surface area contributed by atoms with Crippen LogP contribution in [-0.4, -0.2) is 79.6 Å². The molecule has 162 valence electrons. The van der Waals surface area contributed by atoms with Gasteiger partial charge in [-0.3, -0.25) is 14.5 Å². The molecule has 1 fully saturated rings. The number of amides is 2. The molecule has 0 bridgehead atoms. The number of aryl methyl sites for hydroxylation is 1. The Labute approximate surface area is 182 Å². The molecule has 8 heteroatoms. The van der Waals surface area contributed by atoms with Gasteiger partial charge in [-0.15, -0.1) is 11.3 Å². The number of ether oxygens (including phenoxy) is 1. The van der Waals surface area contributed by atoms with Gasteiger partial charge in [0.25, 0.3) is 0 Å². The second kappa shape index (κ2) is 11.2. The van der Waals surface area contributed by atoms with Gasteiger partial charge in [-0.2, -0.15) is 0 Å². The molecule has 0 atom stereocenters. The summed E-state index contributed by atoms with van der Waals surface area (Å²) in [5.41, 5.74) is 3.06. The summed E-state index contributed by atoms with van der Waals surface area (Å²) in [4.78, 5) is 33.1. The van der Waals surface area contributed by atoms with E-state index in [0.29, 0.717) is 39.2 Å². The van der Waals surface area contributed by atoms with Crippen LogP contribution in [0.4, 0.5) is 0 Å². The van der Waals surface area contributed by atoms with Crippen LogP contribution in [0.1, 0.15) is 17.0 Å². The molecule has 1 N–H and O–H groups in total. The lowest BCUT2D eigenvalue weighted by atomic mass is 10.1. The number of thiazole rings is 1. The van der Waals surface area contributed by atoms with Crippen LogP contribution in [0.25, 0.3) is 11.3 Å². The van der Waals surface area contributed by atoms with Crippen molar-refractivity contribution in [2.75, 3.05) is 53.0 Å². The lowest BCUT2D eigenvalue weighted by Crippen LogP contribution is -2.51. The molecule has 0 unspecified atom stereocenters. The quantitative estimate of drug-likeness (QED) is 0.616. The second-order valence-corrected chi connectivity index (χ2v) is 8.54. The van der Waals surface area contributed by atoms with Crippen molar-refractivity contribution in [3.63, 3.8) is 0 Å². The highest BCUT2D eigenvalue weighted by atomic mass is 32.1. The predicted octanol–water partition coefficient (Wildman–Crippen LogP) is 1.96. The summed E-state index contributed by atoms with van der Waals surface area (Å²) in [5.74, 6) is 0.164. The zero-order valence-corrected chi connectivity index (χ0v) is 18.5. The van der Waals surface area contributed by atoms with Crippen molar-refractivity contribution < 1.29 is 14.3 Å². The number of nitrogens with one attached hydrogen (secondary N) is 1. The largest absolute Gasteiger partial charge is 0.385 e. The van der Waals surface area contributed by atoms with E-state index in [9.17, 15) is 9.59 Å². The van der Waals surface area contributed by atoms with Gasteiger partial charge in [0, 0.05) is 57.4 Å². The molecular weight excluding hydrogens is 400 g/mol. The van der Waals surface area contributed by atoms with E-state index in [2.05, 4.69) is 20.6 Å². The summed E-state index contributed by atoms with van der Waals surface area (Å²) >= 11 is 1.64. The molecule has 1 aromatic heterocycles. The van der Waals surface area contributed by atoms with E-state index in [4.69, 9.17) is 4.74 Å². The summed E-state index contributed by atoms with van der Waals surface area (Å²) in [7, 11) is 1.65. The molecule has 2 amide bonds. The van der Waals surface area contributed by atoms with Gasteiger partial charge in [0.1, 0.15) is 0 Å². The van der Waals surface area contributed by atoms with Crippen LogP contribution in [-0.2, 0) is 20.7 Å². The van der Waals surface area contributed by atoms with E-state index in [1.54, 1.807) is 18.4 Å². The van der Waals surface area contributed by atoms with Crippen molar-refractivity contribution in [2.45, 2.75) is 19.8 Å². The van der Waals surface area contributed by atoms with Crippen molar-refractivity contribution in [2.24, 2.45) is 0 Å². The monoisotopic (exact) mass is 430 g/mol. The number of carbonyl (C=O) groups excluding carboxylic acids is 2. The maximum atomic E-state index is 12.7. The number of hydrogen-bond acceptors (Lipinski definition) is 6. The van der Waals surface area contributed by atoms with E-state index >= 15 is 0 Å². The Morgan fingerprint density at radius 3 is 2.53 bits per heavy atom. The van der Waals surface area contributed by atoms with Crippen LogP contribution < -0.4 is 5.32 Å². The highest BCUT2D eigenvalue weighted by molar-refractivity contribution is 7.09. The molecule has 2 aromatic rings. The third-order valence-electron chi connectivity index (χ3n) is 5.16. The van der Waals surface area contributed by atoms with Gasteiger partial charge in [0.15, 0.2) is 0 Å². The molecule has 0 spiro atoms. The van der Waals surface area contributed by atoms with Crippen molar-refractivity contribution >= 4 is 23.2 Å². The molecule has 1 aromatic carbocycles. The van der Waals surface area contributed by atoms with E-state index in [1.165, 1.54) is 0 Å². The average Bonchev–Trinajstić information content (AvgIpc) is 3.18. The number of rotatable bonds is 9. The number of methoxy groups -OCH3 is 1. The van der Waals surface area contributed by atoms with E-state index in [0.717, 1.165) is 41.3 Å². The Hall–Kier alpha value is -2.29. The molecule has 3 rings (SSSR count). The average molecular weight is 431 g/mol. The molecule has 0 saturated carbocycles. The van der Waals surface area contributed by atoms with Crippen molar-refractivity contribution in [3.8, 4) is 11.3 Å². The summed E-state index contributed by atoms with van der Waals surface area (Å²) < 4.78 is 4.98. The molecule has 1 saturated heterocycles. The Morgan fingerprint density at radius 2 is 1.90 bits per heavy atom. The topological polar surface area (TPSA) is 74.8 Å². The van der Waals surface area contributed by atoms with Gasteiger partial charge in [0.2, 0.25) is 11.8 Å². The Bertz CT molecular complexity index is 829. The fourth-order valence-corrected chi connectivity index (χ4v) is 4.06. The summed E-state index contributed by atoms with van der Waals surface area (Å²) in [6.07, 6.45) is 1.21. The predicted molar refractivity (Wildman–Crippen MR) is 119 cm³/mol. The zero-order valence-electron chi connectivity index (χ0n) is 17.7. The molecule has 30 heavy (non-hydrogen) atoms. The lowest BCUT2D eigenvalue weighted by molar-refractivity contribution is -0.132. The third-order valence-corrected chi connectivity index (χ3v) is 5.94. The standard InChI is InChI=1S/C22H30N4O3S/c1-17-24-20(16-30-17)19-6-4-18(5-7-19)14-22(28)26-11-9-25(10-12-26)15-21(27)23-8-3-13-29-2/h4-7,16H,3,8-15H2,1-2H3,(H,23,27). The van der Waals surface area contributed by atoms with Crippen LogP contribution in [0.2, 0.25) is 0 Å². The second-order valence-electron chi connectivity index (χ2n) is 7.48. The number of carbonyl (C=O) groups is 2. The summed E-state index contributed by atoms with van der Waals surface area (Å²) in [6, 6.07) is 8.07. The van der Waals surface area contributed by atoms with Gasteiger partial charge in [-0.1, -0.05) is 24.3 Å². The maximum Gasteiger partial charge on any atom is 0.234 e. The molecule has 0 aliphatic carbocycles. The molecular formula is C22H30N4O3S. The first-order valence-corrected chi connectivity index (χ1v) is 11.2. The van der Waals surface area contributed by atoms with E-state index in [1.807, 2.05) is 36.1 Å². The van der Waals surface area contributed by atoms with Crippen LogP contribution in [0, 0.1) is 6.92 Å². The number of nitrogens with zero attached hydrogens (tertiary/aromatic N) is 3. The summed E-state index contributed by atoms with van der Waals surface area (Å²) in [5, 5.41) is 6.00. The summed E-state index contributed by atoms with van der Waals surface area (Å²) in [6.45, 7) is 6.42. The van der Waals surface area contributed by atoms with Crippen LogP contribution in [0.5, 0.6) is 0 Å². The SMILES string of the molecule is COCCCNC(=O)CN1CCN(C(=O)Cc2ccc(-c3csc(C)n3)cc2)CC1. The number of benzene rings is 1. The highest BCUT2D eigenvalue weighted by Crippen LogP contribution is 2.22. The first kappa shape index (κ1) is 22.4. The van der Waals surface area contributed by atoms with Crippen LogP contribution >= 0.6 is 11.3 Å². The number of aromatic nitrogens is 1. The minimum Gasteiger partial charge on any atom is -0.385 e. The van der Waals surface area contributed by atoms with Crippen molar-refractivity contribution in [3.05, 3.63) is 40.2 Å². The van der Waals surface area contributed by atoms with Gasteiger partial charge in [0.05, 0.1) is 23.7 Å². The highest BCUT2D eigenvalue weighted by Gasteiger charge is 2.22. The van der Waals surface area contributed by atoms with Gasteiger partial charge in [-0.25, -0.2) is 4.98 Å². The fraction of sp³-hybridized carbons (Fsp3) is 0.500. The molecule has 1 aliphatic rings. The Kier molecular flexibility index (Phi) is 8.36. The van der Waals surface area contributed by atoms with Crippen LogP contribution in [0.15, 0.2) is 29.6 Å². The minimum absolute atomic E-state index is 0.0290. The zero-order chi connectivity index (χ0) is 21.3. The Morgan fingerprint density at radius 1 is 1.17 bits per heavy atom. The first-order valence-electron chi connectivity index (χ1n) is 10.3. The molecule has 7 nitrogen and oxygen atoms in total. The van der Waals surface area contributed by atoms with Gasteiger partial charge < -0.3 is 15.0 Å². The normalized spacial score (nSPS) is 14.7. The van der Waals surface area contributed by atoms with Crippen molar-refractivity contribution in [1.29, 1.82) is 0 Å².